The number of hydrogen-bond acceptors (Lipinski definition) is 4. The third-order valence-electron chi connectivity index (χ3n) is 5.87. The molecule has 178 valence electrons. The number of aliphatic hydroxyl groups excluding tert-OH is 1. The highest BCUT2D eigenvalue weighted by molar-refractivity contribution is 5.84. The van der Waals surface area contributed by atoms with Gasteiger partial charge in [-0.2, -0.15) is 0 Å². The quantitative estimate of drug-likeness (QED) is 0.261. The van der Waals surface area contributed by atoms with Crippen LogP contribution < -0.4 is 16.4 Å². The number of rotatable bonds is 11. The lowest BCUT2D eigenvalue weighted by molar-refractivity contribution is -0.131. The molecule has 0 aliphatic heterocycles. The van der Waals surface area contributed by atoms with Crippen molar-refractivity contribution in [2.24, 2.45) is 5.73 Å². The van der Waals surface area contributed by atoms with E-state index in [1.54, 1.807) is 0 Å². The van der Waals surface area contributed by atoms with Gasteiger partial charge in [-0.15, -0.1) is 0 Å². The minimum atomic E-state index is -1.47. The zero-order valence-corrected chi connectivity index (χ0v) is 19.5. The Balaban J connectivity index is 1.92. The number of aliphatic hydroxyl groups is 1. The number of benzene rings is 3. The Morgan fingerprint density at radius 2 is 1.29 bits per heavy atom. The fourth-order valence-electron chi connectivity index (χ4n) is 4.05. The van der Waals surface area contributed by atoms with Crippen LogP contribution in [0.2, 0.25) is 0 Å². The van der Waals surface area contributed by atoms with Gasteiger partial charge in [0.1, 0.15) is 11.6 Å². The summed E-state index contributed by atoms with van der Waals surface area (Å²) in [6.07, 6.45) is 0.0476. The van der Waals surface area contributed by atoms with E-state index in [1.165, 1.54) is 0 Å². The Hall–Kier alpha value is -3.48. The highest BCUT2D eigenvalue weighted by Crippen LogP contribution is 2.36. The molecule has 0 aromatic heterocycles. The summed E-state index contributed by atoms with van der Waals surface area (Å²) in [5, 5.41) is 16.2. The van der Waals surface area contributed by atoms with Crippen LogP contribution >= 0.6 is 0 Å². The molecule has 1 unspecified atom stereocenters. The molecular weight excluding hydrogens is 426 g/mol. The van der Waals surface area contributed by atoms with Gasteiger partial charge < -0.3 is 21.5 Å². The van der Waals surface area contributed by atoms with Gasteiger partial charge in [0.25, 0.3) is 0 Å². The van der Waals surface area contributed by atoms with Gasteiger partial charge in [0.15, 0.2) is 0 Å². The zero-order valence-electron chi connectivity index (χ0n) is 19.5. The molecule has 3 aromatic rings. The third kappa shape index (κ3) is 5.90. The zero-order chi connectivity index (χ0) is 24.4. The molecule has 0 fully saturated rings. The van der Waals surface area contributed by atoms with E-state index in [0.29, 0.717) is 6.54 Å². The SMILES string of the molecule is CCCCNC(=O)C(O)[C@H](N)CC(=O)NC(c1ccccc1)(c1ccccc1)c1ccccc1. The fourth-order valence-corrected chi connectivity index (χ4v) is 4.05. The summed E-state index contributed by atoms with van der Waals surface area (Å²) >= 11 is 0. The third-order valence-corrected chi connectivity index (χ3v) is 5.87. The van der Waals surface area contributed by atoms with Crippen molar-refractivity contribution in [2.45, 2.75) is 43.9 Å². The number of nitrogens with one attached hydrogen (secondary N) is 2. The van der Waals surface area contributed by atoms with Crippen molar-refractivity contribution < 1.29 is 14.7 Å². The van der Waals surface area contributed by atoms with E-state index in [1.807, 2.05) is 97.9 Å². The van der Waals surface area contributed by atoms with E-state index in [4.69, 9.17) is 5.73 Å². The normalized spacial score (nSPS) is 13.0. The van der Waals surface area contributed by atoms with Gasteiger partial charge in [-0.1, -0.05) is 104 Å². The van der Waals surface area contributed by atoms with Crippen molar-refractivity contribution in [3.05, 3.63) is 108 Å². The summed E-state index contributed by atoms with van der Waals surface area (Å²) in [6.45, 7) is 2.47. The van der Waals surface area contributed by atoms with Gasteiger partial charge in [0.05, 0.1) is 0 Å². The Bertz CT molecular complexity index is 946. The molecule has 0 saturated heterocycles. The van der Waals surface area contributed by atoms with Gasteiger partial charge >= 0.3 is 0 Å². The summed E-state index contributed by atoms with van der Waals surface area (Å²) in [7, 11) is 0. The highest BCUT2D eigenvalue weighted by Gasteiger charge is 2.38. The molecule has 0 heterocycles. The number of carbonyl (C=O) groups is 2. The monoisotopic (exact) mass is 459 g/mol. The lowest BCUT2D eigenvalue weighted by Crippen LogP contribution is -2.52. The van der Waals surface area contributed by atoms with Crippen LogP contribution in [0.3, 0.4) is 0 Å². The lowest BCUT2D eigenvalue weighted by atomic mass is 9.77. The summed E-state index contributed by atoms with van der Waals surface area (Å²) in [5.74, 6) is -0.932. The molecule has 5 N–H and O–H groups in total. The Morgan fingerprint density at radius 3 is 1.71 bits per heavy atom. The molecular formula is C28H33N3O3. The number of carbonyl (C=O) groups excluding carboxylic acids is 2. The molecule has 34 heavy (non-hydrogen) atoms. The average Bonchev–Trinajstić information content (AvgIpc) is 2.88. The summed E-state index contributed by atoms with van der Waals surface area (Å²) in [5.41, 5.74) is 7.75. The smallest absolute Gasteiger partial charge is 0.250 e. The number of hydrogen-bond donors (Lipinski definition) is 4. The van der Waals surface area contributed by atoms with E-state index in [9.17, 15) is 14.7 Å². The fraction of sp³-hybridized carbons (Fsp3) is 0.286. The lowest BCUT2D eigenvalue weighted by Gasteiger charge is -2.37. The predicted octanol–water partition coefficient (Wildman–Crippen LogP) is 3.09. The number of amides is 2. The molecule has 2 amide bonds. The molecule has 0 spiro atoms. The maximum absolute atomic E-state index is 13.3. The second-order valence-corrected chi connectivity index (χ2v) is 8.35. The molecule has 3 rings (SSSR count). The molecule has 0 aliphatic rings. The molecule has 3 aromatic carbocycles. The molecule has 0 aliphatic carbocycles. The molecule has 2 atom stereocenters. The van der Waals surface area contributed by atoms with Gasteiger partial charge in [-0.3, -0.25) is 9.59 Å². The van der Waals surface area contributed by atoms with Crippen LogP contribution in [0, 0.1) is 0 Å². The van der Waals surface area contributed by atoms with Gasteiger partial charge in [0, 0.05) is 19.0 Å². The van der Waals surface area contributed by atoms with Gasteiger partial charge in [0.2, 0.25) is 11.8 Å². The summed E-state index contributed by atoms with van der Waals surface area (Å²) in [4.78, 5) is 25.6. The first kappa shape index (κ1) is 25.1. The second kappa shape index (κ2) is 12.1. The second-order valence-electron chi connectivity index (χ2n) is 8.35. The average molecular weight is 460 g/mol. The minimum Gasteiger partial charge on any atom is -0.382 e. The van der Waals surface area contributed by atoms with E-state index in [-0.39, 0.29) is 12.3 Å². The van der Waals surface area contributed by atoms with Crippen molar-refractivity contribution in [3.63, 3.8) is 0 Å². The van der Waals surface area contributed by atoms with Crippen molar-refractivity contribution in [3.8, 4) is 0 Å². The van der Waals surface area contributed by atoms with Crippen LogP contribution in [-0.4, -0.2) is 35.6 Å². The van der Waals surface area contributed by atoms with Crippen LogP contribution in [0.4, 0.5) is 0 Å². The van der Waals surface area contributed by atoms with Gasteiger partial charge in [-0.25, -0.2) is 0 Å². The standard InChI is InChI=1S/C28H33N3O3/c1-2-3-19-30-27(34)26(33)24(29)20-25(32)31-28(21-13-7-4-8-14-21,22-15-9-5-10-16-22)23-17-11-6-12-18-23/h4-18,24,26,33H,2-3,19-20,29H2,1H3,(H,30,34)(H,31,32)/t24-,26?/m1/s1. The maximum atomic E-state index is 13.3. The van der Waals surface area contributed by atoms with Crippen molar-refractivity contribution >= 4 is 11.8 Å². The van der Waals surface area contributed by atoms with Crippen LogP contribution in [0.5, 0.6) is 0 Å². The predicted molar refractivity (Wildman–Crippen MR) is 134 cm³/mol. The first-order valence-electron chi connectivity index (χ1n) is 11.7. The Morgan fingerprint density at radius 1 is 0.853 bits per heavy atom. The van der Waals surface area contributed by atoms with Crippen molar-refractivity contribution in [2.75, 3.05) is 6.54 Å². The van der Waals surface area contributed by atoms with Crippen LogP contribution in [0.25, 0.3) is 0 Å². The van der Waals surface area contributed by atoms with E-state index in [2.05, 4.69) is 10.6 Å². The first-order chi connectivity index (χ1) is 16.5. The van der Waals surface area contributed by atoms with Crippen molar-refractivity contribution in [1.82, 2.24) is 10.6 Å². The summed E-state index contributed by atoms with van der Waals surface area (Å²) < 4.78 is 0. The molecule has 0 radical (unpaired) electrons. The van der Waals surface area contributed by atoms with E-state index < -0.39 is 23.6 Å². The molecule has 6 nitrogen and oxygen atoms in total. The molecule has 0 saturated carbocycles. The molecule has 6 heteroatoms. The van der Waals surface area contributed by atoms with Crippen molar-refractivity contribution in [1.29, 1.82) is 0 Å². The van der Waals surface area contributed by atoms with E-state index in [0.717, 1.165) is 29.5 Å². The Kier molecular flexibility index (Phi) is 8.96. The van der Waals surface area contributed by atoms with Crippen LogP contribution in [0.15, 0.2) is 91.0 Å². The minimum absolute atomic E-state index is 0.212. The van der Waals surface area contributed by atoms with E-state index >= 15 is 0 Å². The first-order valence-corrected chi connectivity index (χ1v) is 11.7. The number of nitrogens with two attached hydrogens (primary N) is 1. The maximum Gasteiger partial charge on any atom is 0.250 e. The largest absolute Gasteiger partial charge is 0.382 e. The van der Waals surface area contributed by atoms with Crippen LogP contribution in [-0.2, 0) is 15.1 Å². The summed E-state index contributed by atoms with van der Waals surface area (Å²) in [6, 6.07) is 28.1. The van der Waals surface area contributed by atoms with Gasteiger partial charge in [-0.05, 0) is 23.1 Å². The molecule has 0 bridgehead atoms. The van der Waals surface area contributed by atoms with Crippen LogP contribution in [0.1, 0.15) is 42.9 Å². The number of unbranched alkanes of at least 4 members (excludes halogenated alkanes) is 1. The Labute approximate surface area is 201 Å². The highest BCUT2D eigenvalue weighted by atomic mass is 16.3. The topological polar surface area (TPSA) is 104 Å².